The van der Waals surface area contributed by atoms with Crippen molar-refractivity contribution in [3.05, 3.63) is 17.2 Å². The Morgan fingerprint density at radius 1 is 0.579 bits per heavy atom. The maximum absolute atomic E-state index is 8.22. The van der Waals surface area contributed by atoms with Crippen molar-refractivity contribution in [1.29, 1.82) is 0 Å². The van der Waals surface area contributed by atoms with Gasteiger partial charge in [-0.15, -0.1) is 16.6 Å². The molecule has 6 N–H and O–H groups in total. The molecule has 0 saturated carbocycles. The Hall–Kier alpha value is 0.383. The second-order valence-electron chi connectivity index (χ2n) is 6.13. The van der Waals surface area contributed by atoms with Gasteiger partial charge in [-0.2, -0.15) is 0 Å². The molecule has 0 aromatic carbocycles. The van der Waals surface area contributed by atoms with Crippen LogP contribution in [0.5, 0.6) is 0 Å². The van der Waals surface area contributed by atoms with Gasteiger partial charge in [0.1, 0.15) is 0 Å². The third kappa shape index (κ3) is 56.0. The minimum Gasteiger partial charge on any atom is -0.670 e. The molecule has 0 heterocycles. The molecule has 0 fully saturated rings. The molecule has 0 aliphatic heterocycles. The average Bonchev–Trinajstić information content (AvgIpc) is 2.16. The molecular formula is C12H30N3O3Zn-3. The van der Waals surface area contributed by atoms with Gasteiger partial charge in [0.25, 0.3) is 0 Å². The maximum Gasteiger partial charge on any atom is 0.0292 e. The first kappa shape index (κ1) is 27.7. The molecule has 116 valence electrons. The minimum absolute atomic E-state index is 0. The standard InChI is InChI=1S/3C4H10NO.Zn/c3*1-4(2,5)3-6;/h3*5-6H,3H2,1-2H3;/q3*-1;. The zero-order chi connectivity index (χ0) is 15.6. The Bertz CT molecular complexity index is 151. The van der Waals surface area contributed by atoms with Crippen LogP contribution in [0, 0.1) is 0 Å². The third-order valence-electron chi connectivity index (χ3n) is 1.19. The average molecular weight is 330 g/mol. The summed E-state index contributed by atoms with van der Waals surface area (Å²) >= 11 is 0. The summed E-state index contributed by atoms with van der Waals surface area (Å²) in [5, 5.41) is 24.6. The number of aliphatic hydroxyl groups is 3. The van der Waals surface area contributed by atoms with Gasteiger partial charge < -0.3 is 32.5 Å². The van der Waals surface area contributed by atoms with Crippen molar-refractivity contribution in [3.8, 4) is 0 Å². The smallest absolute Gasteiger partial charge is 0.0292 e. The van der Waals surface area contributed by atoms with Gasteiger partial charge >= 0.3 is 0 Å². The monoisotopic (exact) mass is 328 g/mol. The molecule has 0 bridgehead atoms. The first-order valence-corrected chi connectivity index (χ1v) is 5.76. The van der Waals surface area contributed by atoms with Crippen molar-refractivity contribution in [1.82, 2.24) is 0 Å². The van der Waals surface area contributed by atoms with Crippen molar-refractivity contribution in [2.75, 3.05) is 19.8 Å². The van der Waals surface area contributed by atoms with Crippen LogP contribution >= 0.6 is 0 Å². The van der Waals surface area contributed by atoms with E-state index in [9.17, 15) is 0 Å². The van der Waals surface area contributed by atoms with Crippen molar-refractivity contribution in [3.63, 3.8) is 0 Å². The van der Waals surface area contributed by atoms with Crippen molar-refractivity contribution < 1.29 is 34.8 Å². The van der Waals surface area contributed by atoms with Crippen LogP contribution in [0.3, 0.4) is 0 Å². The Balaban J connectivity index is -0.0000000865. The number of nitrogens with one attached hydrogen (secondary N) is 3. The Morgan fingerprint density at radius 3 is 0.632 bits per heavy atom. The van der Waals surface area contributed by atoms with E-state index in [4.69, 9.17) is 32.5 Å². The molecular weight excluding hydrogens is 300 g/mol. The van der Waals surface area contributed by atoms with Gasteiger partial charge in [0.15, 0.2) is 0 Å². The van der Waals surface area contributed by atoms with E-state index in [0.717, 1.165) is 0 Å². The van der Waals surface area contributed by atoms with Gasteiger partial charge in [0.2, 0.25) is 0 Å². The summed E-state index contributed by atoms with van der Waals surface area (Å²) in [4.78, 5) is 0. The summed E-state index contributed by atoms with van der Waals surface area (Å²) in [5.74, 6) is 0. The zero-order valence-corrected chi connectivity index (χ0v) is 16.1. The van der Waals surface area contributed by atoms with Gasteiger partial charge in [-0.25, -0.2) is 0 Å². The summed E-state index contributed by atoms with van der Waals surface area (Å²) in [7, 11) is 0. The summed E-state index contributed by atoms with van der Waals surface area (Å²) in [5.41, 5.74) is 18.8. The third-order valence-corrected chi connectivity index (χ3v) is 1.19. The predicted octanol–water partition coefficient (Wildman–Crippen LogP) is 2.43. The van der Waals surface area contributed by atoms with Gasteiger partial charge in [-0.05, 0) is 0 Å². The molecule has 0 saturated heterocycles. The number of hydrogen-bond donors (Lipinski definition) is 3. The molecule has 0 amide bonds. The topological polar surface area (TPSA) is 132 Å². The molecule has 6 nitrogen and oxygen atoms in total. The minimum atomic E-state index is -0.653. The van der Waals surface area contributed by atoms with E-state index in [1.54, 1.807) is 41.5 Å². The van der Waals surface area contributed by atoms with Crippen LogP contribution in [0.25, 0.3) is 17.2 Å². The Labute approximate surface area is 130 Å². The van der Waals surface area contributed by atoms with Gasteiger partial charge in [-0.3, -0.25) is 0 Å². The van der Waals surface area contributed by atoms with E-state index in [-0.39, 0.29) is 39.3 Å². The first-order chi connectivity index (χ1) is 7.68. The van der Waals surface area contributed by atoms with Gasteiger partial charge in [-0.1, -0.05) is 41.5 Å². The van der Waals surface area contributed by atoms with E-state index in [0.29, 0.717) is 0 Å². The van der Waals surface area contributed by atoms with Crippen LogP contribution in [-0.2, 0) is 19.5 Å². The molecule has 0 aromatic heterocycles. The molecule has 0 aliphatic rings. The van der Waals surface area contributed by atoms with Crippen molar-refractivity contribution in [2.24, 2.45) is 0 Å². The van der Waals surface area contributed by atoms with Crippen LogP contribution in [0.4, 0.5) is 0 Å². The fourth-order valence-electron chi connectivity index (χ4n) is 0. The summed E-state index contributed by atoms with van der Waals surface area (Å²) in [6.07, 6.45) is 0. The van der Waals surface area contributed by atoms with E-state index in [1.165, 1.54) is 0 Å². The SMILES string of the molecule is CC(C)([NH-])CO.CC(C)([NH-])CO.CC(C)([NH-])CO.[Zn]. The van der Waals surface area contributed by atoms with Crippen LogP contribution < -0.4 is 0 Å². The number of hydrogen-bond acceptors (Lipinski definition) is 3. The largest absolute Gasteiger partial charge is 0.670 e. The molecule has 7 heteroatoms. The number of rotatable bonds is 3. The zero-order valence-electron chi connectivity index (χ0n) is 13.2. The number of aliphatic hydroxyl groups excluding tert-OH is 3. The maximum atomic E-state index is 8.22. The molecule has 0 spiro atoms. The molecule has 0 atom stereocenters. The summed E-state index contributed by atoms with van der Waals surface area (Å²) < 4.78 is 0. The van der Waals surface area contributed by atoms with Crippen LogP contribution in [-0.4, -0.2) is 51.8 Å². The summed E-state index contributed by atoms with van der Waals surface area (Å²) in [6.45, 7) is 9.77. The Morgan fingerprint density at radius 2 is 0.632 bits per heavy atom. The van der Waals surface area contributed by atoms with Crippen LogP contribution in [0.15, 0.2) is 0 Å². The fraction of sp³-hybridized carbons (Fsp3) is 1.00. The molecule has 0 radical (unpaired) electrons. The molecule has 19 heavy (non-hydrogen) atoms. The van der Waals surface area contributed by atoms with Crippen molar-refractivity contribution >= 4 is 0 Å². The van der Waals surface area contributed by atoms with Crippen molar-refractivity contribution in [2.45, 2.75) is 58.2 Å². The first-order valence-electron chi connectivity index (χ1n) is 5.76. The Kier molecular flexibility index (Phi) is 17.7. The molecule has 0 unspecified atom stereocenters. The van der Waals surface area contributed by atoms with Crippen LogP contribution in [0.2, 0.25) is 0 Å². The quantitative estimate of drug-likeness (QED) is 0.686. The second-order valence-corrected chi connectivity index (χ2v) is 6.13. The van der Waals surface area contributed by atoms with Gasteiger partial charge in [0.05, 0.1) is 0 Å². The second kappa shape index (κ2) is 12.1. The van der Waals surface area contributed by atoms with E-state index < -0.39 is 16.6 Å². The molecule has 0 rings (SSSR count). The van der Waals surface area contributed by atoms with E-state index in [2.05, 4.69) is 0 Å². The molecule has 0 aromatic rings. The fourth-order valence-corrected chi connectivity index (χ4v) is 0. The van der Waals surface area contributed by atoms with Crippen LogP contribution in [0.1, 0.15) is 41.5 Å². The summed E-state index contributed by atoms with van der Waals surface area (Å²) in [6, 6.07) is 0. The predicted molar refractivity (Wildman–Crippen MR) is 76.5 cm³/mol. The van der Waals surface area contributed by atoms with Gasteiger partial charge in [0, 0.05) is 39.3 Å². The van der Waals surface area contributed by atoms with E-state index in [1.807, 2.05) is 0 Å². The molecule has 0 aliphatic carbocycles. The van der Waals surface area contributed by atoms with E-state index >= 15 is 0 Å². The normalized spacial score (nSPS) is 11.4.